The zero-order chi connectivity index (χ0) is 25.5. The van der Waals surface area contributed by atoms with Crippen LogP contribution in [0.25, 0.3) is 11.3 Å². The summed E-state index contributed by atoms with van der Waals surface area (Å²) >= 11 is 19.7. The Morgan fingerprint density at radius 3 is 2.44 bits per heavy atom. The molecule has 4 rings (SSSR count). The van der Waals surface area contributed by atoms with E-state index in [0.29, 0.717) is 16.1 Å². The molecule has 0 spiro atoms. The van der Waals surface area contributed by atoms with E-state index in [9.17, 15) is 4.79 Å². The number of anilines is 2. The van der Waals surface area contributed by atoms with Gasteiger partial charge in [0.15, 0.2) is 17.5 Å². The molecule has 11 heteroatoms. The van der Waals surface area contributed by atoms with Crippen LogP contribution in [-0.4, -0.2) is 23.7 Å². The SMILES string of the molecule is N#CCOc1c(Cl)cc(/C=N\NC(=O)c2ccc(-c3csc(Nc4ccc(Cl)cc4)n3)cc2)cc1Cl. The standard InChI is InChI=1S/C25H16Cl3N5O2S/c26-18-5-7-19(8-6-18)31-25-32-22(14-36-25)16-1-3-17(4-2-16)24(34)33-30-13-15-11-20(27)23(21(28)12-15)35-10-9-29/h1-8,11-14H,10H2,(H,31,32)(H,33,34)/b30-13-. The van der Waals surface area contributed by atoms with Crippen LogP contribution in [0.15, 0.2) is 71.1 Å². The number of ether oxygens (including phenoxy) is 1. The molecule has 3 aromatic carbocycles. The molecule has 180 valence electrons. The Labute approximate surface area is 225 Å². The van der Waals surface area contributed by atoms with Crippen LogP contribution < -0.4 is 15.5 Å². The molecule has 0 unspecified atom stereocenters. The van der Waals surface area contributed by atoms with Crippen LogP contribution in [0.1, 0.15) is 15.9 Å². The largest absolute Gasteiger partial charge is 0.476 e. The molecule has 0 aliphatic rings. The molecule has 2 N–H and O–H groups in total. The third-order valence-electron chi connectivity index (χ3n) is 4.72. The van der Waals surface area contributed by atoms with E-state index in [1.54, 1.807) is 36.4 Å². The number of hydrazone groups is 1. The molecule has 0 radical (unpaired) electrons. The van der Waals surface area contributed by atoms with Crippen LogP contribution in [0.4, 0.5) is 10.8 Å². The summed E-state index contributed by atoms with van der Waals surface area (Å²) in [7, 11) is 0. The lowest BCUT2D eigenvalue weighted by Crippen LogP contribution is -2.17. The van der Waals surface area contributed by atoms with Gasteiger partial charge in [-0.05, 0) is 54.1 Å². The highest BCUT2D eigenvalue weighted by Crippen LogP contribution is 2.34. The van der Waals surface area contributed by atoms with Crippen molar-refractivity contribution in [3.63, 3.8) is 0 Å². The number of carbonyl (C=O) groups is 1. The summed E-state index contributed by atoms with van der Waals surface area (Å²) in [4.78, 5) is 17.1. The van der Waals surface area contributed by atoms with E-state index in [-0.39, 0.29) is 28.3 Å². The van der Waals surface area contributed by atoms with Crippen LogP contribution in [0, 0.1) is 11.3 Å². The molecule has 0 bridgehead atoms. The highest BCUT2D eigenvalue weighted by atomic mass is 35.5. The first-order chi connectivity index (χ1) is 17.4. The molecular weight excluding hydrogens is 541 g/mol. The number of carbonyl (C=O) groups excluding carboxylic acids is 1. The number of nitrogens with zero attached hydrogens (tertiary/aromatic N) is 3. The molecule has 0 saturated heterocycles. The normalized spacial score (nSPS) is 10.7. The van der Waals surface area contributed by atoms with Gasteiger partial charge in [-0.1, -0.05) is 46.9 Å². The molecule has 7 nitrogen and oxygen atoms in total. The molecule has 1 amide bonds. The maximum atomic E-state index is 12.5. The molecular formula is C25H16Cl3N5O2S. The first-order valence-corrected chi connectivity index (χ1v) is 12.3. The number of halogens is 3. The van der Waals surface area contributed by atoms with Gasteiger partial charge in [-0.3, -0.25) is 4.79 Å². The Kier molecular flexibility index (Phi) is 8.41. The molecule has 0 atom stereocenters. The second-order valence-electron chi connectivity index (χ2n) is 7.21. The third-order valence-corrected chi connectivity index (χ3v) is 6.30. The van der Waals surface area contributed by atoms with Gasteiger partial charge in [-0.15, -0.1) is 11.3 Å². The van der Waals surface area contributed by atoms with Crippen LogP contribution >= 0.6 is 46.1 Å². The predicted octanol–water partition coefficient (Wildman–Crippen LogP) is 7.18. The van der Waals surface area contributed by atoms with Crippen molar-refractivity contribution in [2.75, 3.05) is 11.9 Å². The molecule has 4 aromatic rings. The molecule has 1 heterocycles. The molecule has 0 saturated carbocycles. The first kappa shape index (κ1) is 25.5. The first-order valence-electron chi connectivity index (χ1n) is 10.3. The van der Waals surface area contributed by atoms with Gasteiger partial charge in [-0.2, -0.15) is 10.4 Å². The zero-order valence-corrected chi connectivity index (χ0v) is 21.4. The summed E-state index contributed by atoms with van der Waals surface area (Å²) in [5.41, 5.74) is 6.00. The Bertz CT molecular complexity index is 1430. The van der Waals surface area contributed by atoms with Gasteiger partial charge in [-0.25, -0.2) is 10.4 Å². The summed E-state index contributed by atoms with van der Waals surface area (Å²) in [6, 6.07) is 19.4. The van der Waals surface area contributed by atoms with Crippen LogP contribution in [-0.2, 0) is 0 Å². The number of nitrogens with one attached hydrogen (secondary N) is 2. The van der Waals surface area contributed by atoms with Gasteiger partial charge in [0, 0.05) is 27.2 Å². The van der Waals surface area contributed by atoms with Gasteiger partial charge in [0.2, 0.25) is 0 Å². The van der Waals surface area contributed by atoms with E-state index in [1.807, 2.05) is 35.7 Å². The summed E-state index contributed by atoms with van der Waals surface area (Å²) < 4.78 is 5.19. The summed E-state index contributed by atoms with van der Waals surface area (Å²) in [6.07, 6.45) is 1.41. The van der Waals surface area contributed by atoms with Crippen molar-refractivity contribution in [3.05, 3.63) is 92.2 Å². The van der Waals surface area contributed by atoms with Crippen molar-refractivity contribution in [3.8, 4) is 23.1 Å². The fraction of sp³-hybridized carbons (Fsp3) is 0.0400. The lowest BCUT2D eigenvalue weighted by Gasteiger charge is -2.07. The smallest absolute Gasteiger partial charge is 0.271 e. The summed E-state index contributed by atoms with van der Waals surface area (Å²) in [6.45, 7) is -0.175. The monoisotopic (exact) mass is 555 g/mol. The number of thiazole rings is 1. The number of amides is 1. The quantitative estimate of drug-likeness (QED) is 0.177. The van der Waals surface area contributed by atoms with Crippen molar-refractivity contribution < 1.29 is 9.53 Å². The topological polar surface area (TPSA) is 99.4 Å². The summed E-state index contributed by atoms with van der Waals surface area (Å²) in [5, 5.41) is 19.6. The summed E-state index contributed by atoms with van der Waals surface area (Å²) in [5.74, 6) is -0.165. The van der Waals surface area contributed by atoms with Crippen LogP contribution in [0.3, 0.4) is 0 Å². The van der Waals surface area contributed by atoms with E-state index in [2.05, 4.69) is 20.8 Å². The van der Waals surface area contributed by atoms with Crippen molar-refractivity contribution in [2.24, 2.45) is 5.10 Å². The predicted molar refractivity (Wildman–Crippen MR) is 145 cm³/mol. The van der Waals surface area contributed by atoms with Crippen molar-refractivity contribution in [1.82, 2.24) is 10.4 Å². The minimum Gasteiger partial charge on any atom is -0.476 e. The molecule has 0 fully saturated rings. The lowest BCUT2D eigenvalue weighted by molar-refractivity contribution is 0.0955. The Hall–Kier alpha value is -3.61. The van der Waals surface area contributed by atoms with Crippen molar-refractivity contribution in [2.45, 2.75) is 0 Å². The van der Waals surface area contributed by atoms with Crippen LogP contribution in [0.5, 0.6) is 5.75 Å². The Morgan fingerprint density at radius 2 is 1.78 bits per heavy atom. The van der Waals surface area contributed by atoms with E-state index in [1.165, 1.54) is 17.6 Å². The minimum absolute atomic E-state index is 0.175. The maximum absolute atomic E-state index is 12.5. The Morgan fingerprint density at radius 1 is 1.08 bits per heavy atom. The van der Waals surface area contributed by atoms with E-state index in [4.69, 9.17) is 44.8 Å². The second kappa shape index (κ2) is 11.9. The van der Waals surface area contributed by atoms with E-state index >= 15 is 0 Å². The lowest BCUT2D eigenvalue weighted by atomic mass is 10.1. The highest BCUT2D eigenvalue weighted by molar-refractivity contribution is 7.14. The number of rotatable bonds is 8. The van der Waals surface area contributed by atoms with E-state index < -0.39 is 0 Å². The van der Waals surface area contributed by atoms with Gasteiger partial charge < -0.3 is 10.1 Å². The highest BCUT2D eigenvalue weighted by Gasteiger charge is 2.10. The third kappa shape index (κ3) is 6.53. The average Bonchev–Trinajstić information content (AvgIpc) is 3.33. The second-order valence-corrected chi connectivity index (χ2v) is 9.32. The maximum Gasteiger partial charge on any atom is 0.271 e. The molecule has 0 aliphatic heterocycles. The average molecular weight is 557 g/mol. The minimum atomic E-state index is -0.382. The molecule has 1 aromatic heterocycles. The fourth-order valence-corrected chi connectivity index (χ4v) is 4.52. The number of aromatic nitrogens is 1. The van der Waals surface area contributed by atoms with Gasteiger partial charge >= 0.3 is 0 Å². The molecule has 36 heavy (non-hydrogen) atoms. The molecule has 0 aliphatic carbocycles. The van der Waals surface area contributed by atoms with Gasteiger partial charge in [0.05, 0.1) is 22.0 Å². The van der Waals surface area contributed by atoms with E-state index in [0.717, 1.165) is 22.1 Å². The van der Waals surface area contributed by atoms with Crippen molar-refractivity contribution >= 4 is 69.1 Å². The van der Waals surface area contributed by atoms with Gasteiger partial charge in [0.25, 0.3) is 5.91 Å². The van der Waals surface area contributed by atoms with Crippen LogP contribution in [0.2, 0.25) is 15.1 Å². The fourth-order valence-electron chi connectivity index (χ4n) is 3.04. The number of hydrogen-bond acceptors (Lipinski definition) is 7. The van der Waals surface area contributed by atoms with Gasteiger partial charge in [0.1, 0.15) is 6.07 Å². The number of nitriles is 1. The van der Waals surface area contributed by atoms with Crippen molar-refractivity contribution in [1.29, 1.82) is 5.26 Å². The Balaban J connectivity index is 1.36. The number of hydrogen-bond donors (Lipinski definition) is 2. The zero-order valence-electron chi connectivity index (χ0n) is 18.3. The number of benzene rings is 3.